The Labute approximate surface area is 98.3 Å². The second kappa shape index (κ2) is 4.46. The van der Waals surface area contributed by atoms with E-state index in [0.717, 1.165) is 51.4 Å². The number of nitrogens with zero attached hydrogens (tertiary/aromatic N) is 2. The molecule has 0 atom stereocenters. The van der Waals surface area contributed by atoms with Gasteiger partial charge in [-0.15, -0.1) is 0 Å². The molecule has 0 amide bonds. The van der Waals surface area contributed by atoms with Crippen molar-refractivity contribution in [3.63, 3.8) is 0 Å². The van der Waals surface area contributed by atoms with Gasteiger partial charge in [-0.25, -0.2) is 0 Å². The zero-order valence-corrected chi connectivity index (χ0v) is 9.97. The van der Waals surface area contributed by atoms with Gasteiger partial charge in [-0.2, -0.15) is 10.5 Å². The first-order valence-electron chi connectivity index (χ1n) is 6.61. The smallest absolute Gasteiger partial charge is 0.0760 e. The molecule has 2 aliphatic rings. The standard InChI is InChI=1S/C14H20N2/c15-11-13(7-3-1-4-8-13)14(12-16)9-5-2-6-10-14/h1-10H2. The summed E-state index contributed by atoms with van der Waals surface area (Å²) in [7, 11) is 0. The quantitative estimate of drug-likeness (QED) is 0.666. The molecule has 0 unspecified atom stereocenters. The van der Waals surface area contributed by atoms with Crippen LogP contribution in [0.2, 0.25) is 0 Å². The lowest BCUT2D eigenvalue weighted by molar-refractivity contribution is 0.0629. The third-order valence-corrected chi connectivity index (χ3v) is 4.76. The van der Waals surface area contributed by atoms with Gasteiger partial charge in [0.05, 0.1) is 23.0 Å². The number of nitriles is 2. The molecule has 2 aliphatic carbocycles. The Kier molecular flexibility index (Phi) is 3.20. The summed E-state index contributed by atoms with van der Waals surface area (Å²) < 4.78 is 0. The fraction of sp³-hybridized carbons (Fsp3) is 0.857. The molecule has 0 aromatic heterocycles. The lowest BCUT2D eigenvalue weighted by Gasteiger charge is -2.46. The predicted octanol–water partition coefficient (Wildman–Crippen LogP) is 3.93. The second-order valence-corrected chi connectivity index (χ2v) is 5.51. The van der Waals surface area contributed by atoms with E-state index in [4.69, 9.17) is 0 Å². The first kappa shape index (κ1) is 11.5. The van der Waals surface area contributed by atoms with E-state index in [-0.39, 0.29) is 10.8 Å². The summed E-state index contributed by atoms with van der Waals surface area (Å²) in [5, 5.41) is 19.2. The molecule has 2 saturated carbocycles. The van der Waals surface area contributed by atoms with Crippen molar-refractivity contribution in [2.24, 2.45) is 10.8 Å². The van der Waals surface area contributed by atoms with Crippen molar-refractivity contribution in [3.05, 3.63) is 0 Å². The normalized spacial score (nSPS) is 27.6. The van der Waals surface area contributed by atoms with E-state index >= 15 is 0 Å². The molecule has 0 N–H and O–H groups in total. The van der Waals surface area contributed by atoms with Crippen LogP contribution >= 0.6 is 0 Å². The Bertz CT molecular complexity index is 286. The highest BCUT2D eigenvalue weighted by Crippen LogP contribution is 2.56. The third kappa shape index (κ3) is 1.61. The maximum absolute atomic E-state index is 9.59. The van der Waals surface area contributed by atoms with Crippen LogP contribution in [0.25, 0.3) is 0 Å². The van der Waals surface area contributed by atoms with Crippen molar-refractivity contribution in [1.82, 2.24) is 0 Å². The summed E-state index contributed by atoms with van der Waals surface area (Å²) in [6, 6.07) is 5.11. The van der Waals surface area contributed by atoms with Gasteiger partial charge in [0.25, 0.3) is 0 Å². The highest BCUT2D eigenvalue weighted by molar-refractivity contribution is 5.19. The highest BCUT2D eigenvalue weighted by Gasteiger charge is 2.52. The molecule has 0 aromatic rings. The van der Waals surface area contributed by atoms with Gasteiger partial charge in [0.15, 0.2) is 0 Å². The van der Waals surface area contributed by atoms with Crippen molar-refractivity contribution in [2.45, 2.75) is 64.2 Å². The first-order valence-corrected chi connectivity index (χ1v) is 6.61. The van der Waals surface area contributed by atoms with Crippen LogP contribution in [-0.2, 0) is 0 Å². The molecule has 0 bridgehead atoms. The van der Waals surface area contributed by atoms with Crippen LogP contribution in [-0.4, -0.2) is 0 Å². The van der Waals surface area contributed by atoms with E-state index in [2.05, 4.69) is 12.1 Å². The van der Waals surface area contributed by atoms with Crippen LogP contribution in [0.4, 0.5) is 0 Å². The molecule has 2 fully saturated rings. The van der Waals surface area contributed by atoms with E-state index in [0.29, 0.717) is 0 Å². The fourth-order valence-electron chi connectivity index (χ4n) is 3.71. The topological polar surface area (TPSA) is 47.6 Å². The van der Waals surface area contributed by atoms with Gasteiger partial charge in [0.1, 0.15) is 0 Å². The summed E-state index contributed by atoms with van der Waals surface area (Å²) in [5.74, 6) is 0. The Morgan fingerprint density at radius 1 is 0.562 bits per heavy atom. The molecule has 0 aromatic carbocycles. The molecule has 0 spiro atoms. The van der Waals surface area contributed by atoms with E-state index in [1.165, 1.54) is 12.8 Å². The van der Waals surface area contributed by atoms with E-state index < -0.39 is 0 Å². The van der Waals surface area contributed by atoms with Crippen molar-refractivity contribution in [2.75, 3.05) is 0 Å². The Morgan fingerprint density at radius 2 is 0.875 bits per heavy atom. The van der Waals surface area contributed by atoms with E-state index in [9.17, 15) is 10.5 Å². The summed E-state index contributed by atoms with van der Waals surface area (Å²) in [6.45, 7) is 0. The summed E-state index contributed by atoms with van der Waals surface area (Å²) in [5.41, 5.74) is -0.638. The second-order valence-electron chi connectivity index (χ2n) is 5.51. The molecule has 86 valence electrons. The average Bonchev–Trinajstić information content (AvgIpc) is 2.40. The van der Waals surface area contributed by atoms with Crippen LogP contribution < -0.4 is 0 Å². The Hall–Kier alpha value is -1.02. The summed E-state index contributed by atoms with van der Waals surface area (Å²) in [4.78, 5) is 0. The number of hydrogen-bond donors (Lipinski definition) is 0. The molecular weight excluding hydrogens is 196 g/mol. The van der Waals surface area contributed by atoms with Gasteiger partial charge in [-0.1, -0.05) is 38.5 Å². The van der Waals surface area contributed by atoms with Crippen LogP contribution in [0.15, 0.2) is 0 Å². The molecule has 2 nitrogen and oxygen atoms in total. The number of hydrogen-bond acceptors (Lipinski definition) is 2. The maximum Gasteiger partial charge on any atom is 0.0760 e. The minimum atomic E-state index is -0.319. The van der Waals surface area contributed by atoms with Crippen LogP contribution in [0.3, 0.4) is 0 Å². The molecular formula is C14H20N2. The van der Waals surface area contributed by atoms with Gasteiger partial charge in [-0.05, 0) is 25.7 Å². The van der Waals surface area contributed by atoms with Gasteiger partial charge < -0.3 is 0 Å². The monoisotopic (exact) mass is 216 g/mol. The lowest BCUT2D eigenvalue weighted by atomic mass is 9.53. The maximum atomic E-state index is 9.59. The molecule has 0 aliphatic heterocycles. The van der Waals surface area contributed by atoms with Gasteiger partial charge in [0, 0.05) is 0 Å². The van der Waals surface area contributed by atoms with Gasteiger partial charge in [0.2, 0.25) is 0 Å². The average molecular weight is 216 g/mol. The molecule has 2 heteroatoms. The van der Waals surface area contributed by atoms with E-state index in [1.807, 2.05) is 0 Å². The molecule has 0 saturated heterocycles. The number of rotatable bonds is 1. The molecule has 2 rings (SSSR count). The van der Waals surface area contributed by atoms with Crippen LogP contribution in [0, 0.1) is 33.5 Å². The van der Waals surface area contributed by atoms with E-state index in [1.54, 1.807) is 0 Å². The third-order valence-electron chi connectivity index (χ3n) is 4.76. The summed E-state index contributed by atoms with van der Waals surface area (Å²) >= 11 is 0. The SMILES string of the molecule is N#CC1(C2(C#N)CCCCC2)CCCCC1. The highest BCUT2D eigenvalue weighted by atomic mass is 14.6. The fourth-order valence-corrected chi connectivity index (χ4v) is 3.71. The van der Waals surface area contributed by atoms with Crippen LogP contribution in [0.5, 0.6) is 0 Å². The Morgan fingerprint density at radius 3 is 1.12 bits per heavy atom. The zero-order valence-electron chi connectivity index (χ0n) is 9.97. The van der Waals surface area contributed by atoms with Crippen LogP contribution in [0.1, 0.15) is 64.2 Å². The first-order chi connectivity index (χ1) is 7.79. The van der Waals surface area contributed by atoms with Crippen molar-refractivity contribution in [1.29, 1.82) is 10.5 Å². The minimum Gasteiger partial charge on any atom is -0.198 e. The van der Waals surface area contributed by atoms with Gasteiger partial charge >= 0.3 is 0 Å². The van der Waals surface area contributed by atoms with Gasteiger partial charge in [-0.3, -0.25) is 0 Å². The molecule has 0 radical (unpaired) electrons. The summed E-state index contributed by atoms with van der Waals surface area (Å²) in [6.07, 6.45) is 10.8. The minimum absolute atomic E-state index is 0.319. The van der Waals surface area contributed by atoms with Crippen molar-refractivity contribution < 1.29 is 0 Å². The largest absolute Gasteiger partial charge is 0.198 e. The molecule has 16 heavy (non-hydrogen) atoms. The van der Waals surface area contributed by atoms with Crippen molar-refractivity contribution in [3.8, 4) is 12.1 Å². The Balaban J connectivity index is 2.30. The predicted molar refractivity (Wildman–Crippen MR) is 62.3 cm³/mol. The lowest BCUT2D eigenvalue weighted by Crippen LogP contribution is -2.43. The molecule has 0 heterocycles. The zero-order chi connectivity index (χ0) is 11.5. The van der Waals surface area contributed by atoms with Crippen molar-refractivity contribution >= 4 is 0 Å².